The molecule has 1 atom stereocenters. The van der Waals surface area contributed by atoms with Gasteiger partial charge in [0.1, 0.15) is 0 Å². The van der Waals surface area contributed by atoms with Gasteiger partial charge in [0.15, 0.2) is 0 Å². The molecule has 1 fully saturated rings. The molecule has 1 aliphatic rings. The lowest BCUT2D eigenvalue weighted by atomic mass is 9.87. The fourth-order valence-corrected chi connectivity index (χ4v) is 2.65. The highest BCUT2D eigenvalue weighted by molar-refractivity contribution is 5.70. The molecule has 1 heterocycles. The van der Waals surface area contributed by atoms with E-state index < -0.39 is 0 Å². The second kappa shape index (κ2) is 6.97. The molecular weight excluding hydrogens is 216 g/mol. The van der Waals surface area contributed by atoms with Crippen molar-refractivity contribution in [2.45, 2.75) is 44.6 Å². The van der Waals surface area contributed by atoms with Gasteiger partial charge in [0, 0.05) is 5.54 Å². The van der Waals surface area contributed by atoms with Gasteiger partial charge in [-0.05, 0) is 52.4 Å². The van der Waals surface area contributed by atoms with E-state index in [2.05, 4.69) is 17.1 Å². The summed E-state index contributed by atoms with van der Waals surface area (Å²) in [6, 6.07) is 0. The maximum Gasteiger partial charge on any atom is 0.307 e. The Hall–Kier alpha value is -0.610. The molecule has 0 amide bonds. The molecule has 0 radical (unpaired) electrons. The van der Waals surface area contributed by atoms with Gasteiger partial charge in [-0.3, -0.25) is 4.79 Å². The van der Waals surface area contributed by atoms with Crippen LogP contribution >= 0.6 is 0 Å². The molecule has 0 aromatic rings. The minimum atomic E-state index is -0.108. The van der Waals surface area contributed by atoms with Gasteiger partial charge in [-0.15, -0.1) is 0 Å². The molecule has 1 N–H and O–H groups in total. The van der Waals surface area contributed by atoms with Gasteiger partial charge < -0.3 is 15.0 Å². The Morgan fingerprint density at radius 3 is 2.76 bits per heavy atom. The number of rotatable bonds is 5. The summed E-state index contributed by atoms with van der Waals surface area (Å²) in [7, 11) is 3.42. The molecule has 1 saturated heterocycles. The van der Waals surface area contributed by atoms with Crippen LogP contribution in [-0.4, -0.2) is 50.2 Å². The number of likely N-dealkylation sites (tertiary alicyclic amines) is 1. The van der Waals surface area contributed by atoms with E-state index in [1.54, 1.807) is 0 Å². The molecule has 0 bridgehead atoms. The van der Waals surface area contributed by atoms with E-state index >= 15 is 0 Å². The number of methoxy groups -OCH3 is 1. The van der Waals surface area contributed by atoms with Gasteiger partial charge >= 0.3 is 5.97 Å². The fraction of sp³-hybridized carbons (Fsp3) is 0.923. The number of hydrogen-bond donors (Lipinski definition) is 1. The van der Waals surface area contributed by atoms with Crippen molar-refractivity contribution < 1.29 is 9.53 Å². The van der Waals surface area contributed by atoms with Crippen molar-refractivity contribution in [3.8, 4) is 0 Å². The average molecular weight is 242 g/mol. The summed E-state index contributed by atoms with van der Waals surface area (Å²) >= 11 is 0. The van der Waals surface area contributed by atoms with Gasteiger partial charge in [0.25, 0.3) is 0 Å². The van der Waals surface area contributed by atoms with Crippen LogP contribution in [-0.2, 0) is 9.53 Å². The van der Waals surface area contributed by atoms with Gasteiger partial charge in [-0.1, -0.05) is 6.92 Å². The number of carbonyl (C=O) groups excluding carboxylic acids is 1. The van der Waals surface area contributed by atoms with E-state index in [-0.39, 0.29) is 11.5 Å². The molecule has 0 saturated carbocycles. The van der Waals surface area contributed by atoms with E-state index in [1.807, 2.05) is 7.05 Å². The molecule has 0 aromatic carbocycles. The van der Waals surface area contributed by atoms with E-state index in [4.69, 9.17) is 4.74 Å². The third kappa shape index (κ3) is 4.28. The molecule has 100 valence electrons. The third-order valence-electron chi connectivity index (χ3n) is 3.82. The zero-order chi connectivity index (χ0) is 12.7. The molecule has 0 aromatic heterocycles. The number of esters is 1. The first-order valence-electron chi connectivity index (χ1n) is 6.64. The average Bonchev–Trinajstić information content (AvgIpc) is 2.53. The largest absolute Gasteiger partial charge is 0.469 e. The zero-order valence-corrected chi connectivity index (χ0v) is 11.4. The fourth-order valence-electron chi connectivity index (χ4n) is 2.65. The van der Waals surface area contributed by atoms with Gasteiger partial charge in [-0.25, -0.2) is 0 Å². The normalized spacial score (nSPS) is 26.5. The van der Waals surface area contributed by atoms with E-state index in [1.165, 1.54) is 13.5 Å². The van der Waals surface area contributed by atoms with Crippen molar-refractivity contribution >= 4 is 5.97 Å². The first kappa shape index (κ1) is 14.5. The van der Waals surface area contributed by atoms with Crippen LogP contribution in [0.4, 0.5) is 0 Å². The molecule has 1 unspecified atom stereocenters. The Kier molecular flexibility index (Phi) is 5.92. The SMILES string of the molecule is CCCN1CCCC(CC(=O)OC)(NC)CC1. The number of ether oxygens (including phenoxy) is 1. The smallest absolute Gasteiger partial charge is 0.307 e. The molecule has 1 aliphatic heterocycles. The summed E-state index contributed by atoms with van der Waals surface area (Å²) in [5, 5.41) is 3.36. The van der Waals surface area contributed by atoms with Crippen molar-refractivity contribution in [3.63, 3.8) is 0 Å². The molecular formula is C13H26N2O2. The Morgan fingerprint density at radius 2 is 2.18 bits per heavy atom. The molecule has 0 aliphatic carbocycles. The first-order chi connectivity index (χ1) is 8.15. The van der Waals surface area contributed by atoms with Crippen molar-refractivity contribution in [2.75, 3.05) is 33.8 Å². The Labute approximate surface area is 105 Å². The highest BCUT2D eigenvalue weighted by Crippen LogP contribution is 2.26. The van der Waals surface area contributed by atoms with Crippen molar-refractivity contribution in [1.82, 2.24) is 10.2 Å². The van der Waals surface area contributed by atoms with E-state index in [0.717, 1.165) is 38.9 Å². The number of nitrogens with one attached hydrogen (secondary N) is 1. The van der Waals surface area contributed by atoms with Gasteiger partial charge in [0.05, 0.1) is 13.5 Å². The summed E-state index contributed by atoms with van der Waals surface area (Å²) in [5.74, 6) is -0.108. The molecule has 1 rings (SSSR count). The van der Waals surface area contributed by atoms with Crippen LogP contribution in [0.1, 0.15) is 39.0 Å². The van der Waals surface area contributed by atoms with Crippen LogP contribution in [0.2, 0.25) is 0 Å². The second-order valence-electron chi connectivity index (χ2n) is 4.98. The van der Waals surface area contributed by atoms with Gasteiger partial charge in [-0.2, -0.15) is 0 Å². The summed E-state index contributed by atoms with van der Waals surface area (Å²) < 4.78 is 4.80. The lowest BCUT2D eigenvalue weighted by molar-refractivity contribution is -0.142. The van der Waals surface area contributed by atoms with Crippen molar-refractivity contribution in [3.05, 3.63) is 0 Å². The van der Waals surface area contributed by atoms with Crippen LogP contribution in [0, 0.1) is 0 Å². The lowest BCUT2D eigenvalue weighted by Crippen LogP contribution is -2.45. The van der Waals surface area contributed by atoms with E-state index in [0.29, 0.717) is 6.42 Å². The Balaban J connectivity index is 2.57. The van der Waals surface area contributed by atoms with Gasteiger partial charge in [0.2, 0.25) is 0 Å². The molecule has 17 heavy (non-hydrogen) atoms. The predicted molar refractivity (Wildman–Crippen MR) is 69.0 cm³/mol. The van der Waals surface area contributed by atoms with Crippen LogP contribution in [0.15, 0.2) is 0 Å². The highest BCUT2D eigenvalue weighted by Gasteiger charge is 2.33. The maximum absolute atomic E-state index is 11.5. The number of hydrogen-bond acceptors (Lipinski definition) is 4. The quantitative estimate of drug-likeness (QED) is 0.740. The molecule has 0 spiro atoms. The predicted octanol–water partition coefficient (Wildman–Crippen LogP) is 1.40. The second-order valence-corrected chi connectivity index (χ2v) is 4.98. The third-order valence-corrected chi connectivity index (χ3v) is 3.82. The Morgan fingerprint density at radius 1 is 1.41 bits per heavy atom. The van der Waals surface area contributed by atoms with Crippen molar-refractivity contribution in [1.29, 1.82) is 0 Å². The number of carbonyl (C=O) groups is 1. The molecule has 4 nitrogen and oxygen atoms in total. The highest BCUT2D eigenvalue weighted by atomic mass is 16.5. The topological polar surface area (TPSA) is 41.6 Å². The van der Waals surface area contributed by atoms with Crippen LogP contribution in [0.25, 0.3) is 0 Å². The van der Waals surface area contributed by atoms with Crippen LogP contribution < -0.4 is 5.32 Å². The lowest BCUT2D eigenvalue weighted by Gasteiger charge is -2.31. The van der Waals surface area contributed by atoms with Crippen LogP contribution in [0.5, 0.6) is 0 Å². The zero-order valence-electron chi connectivity index (χ0n) is 11.4. The summed E-state index contributed by atoms with van der Waals surface area (Å²) in [6.45, 7) is 5.60. The Bertz CT molecular complexity index is 246. The summed E-state index contributed by atoms with van der Waals surface area (Å²) in [4.78, 5) is 14.0. The maximum atomic E-state index is 11.5. The first-order valence-corrected chi connectivity index (χ1v) is 6.64. The van der Waals surface area contributed by atoms with Crippen molar-refractivity contribution in [2.24, 2.45) is 0 Å². The number of nitrogens with zero attached hydrogens (tertiary/aromatic N) is 1. The minimum Gasteiger partial charge on any atom is -0.469 e. The van der Waals surface area contributed by atoms with Crippen LogP contribution in [0.3, 0.4) is 0 Å². The van der Waals surface area contributed by atoms with E-state index in [9.17, 15) is 4.79 Å². The standard InChI is InChI=1S/C13H26N2O2/c1-4-8-15-9-5-6-13(14-2,7-10-15)11-12(16)17-3/h14H,4-11H2,1-3H3. The molecule has 4 heteroatoms. The monoisotopic (exact) mass is 242 g/mol. The summed E-state index contributed by atoms with van der Waals surface area (Å²) in [6.07, 6.45) is 4.92. The minimum absolute atomic E-state index is 0.0599. The summed E-state index contributed by atoms with van der Waals surface area (Å²) in [5.41, 5.74) is -0.0599.